The lowest BCUT2D eigenvalue weighted by atomic mass is 10.1. The first kappa shape index (κ1) is 18.7. The maximum absolute atomic E-state index is 12.6. The van der Waals surface area contributed by atoms with E-state index in [0.29, 0.717) is 18.2 Å². The number of hydrogen-bond donors (Lipinski definition) is 3. The second kappa shape index (κ2) is 8.14. The number of aromatic nitrogens is 3. The van der Waals surface area contributed by atoms with Crippen LogP contribution in [0.1, 0.15) is 27.3 Å². The number of nitrogens with zero attached hydrogens (tertiary/aromatic N) is 2. The summed E-state index contributed by atoms with van der Waals surface area (Å²) in [6, 6.07) is 17.7. The smallest absolute Gasteiger partial charge is 0.270 e. The van der Waals surface area contributed by atoms with Gasteiger partial charge in [0.1, 0.15) is 5.69 Å². The summed E-state index contributed by atoms with van der Waals surface area (Å²) in [4.78, 5) is 24.7. The zero-order valence-corrected chi connectivity index (χ0v) is 16.5. The van der Waals surface area contributed by atoms with Crippen molar-refractivity contribution in [1.29, 1.82) is 0 Å². The molecule has 6 heteroatoms. The molecule has 2 heterocycles. The van der Waals surface area contributed by atoms with E-state index in [4.69, 9.17) is 0 Å². The van der Waals surface area contributed by atoms with Crippen LogP contribution in [0.3, 0.4) is 0 Å². The molecule has 29 heavy (non-hydrogen) atoms. The maximum atomic E-state index is 12.6. The van der Waals surface area contributed by atoms with Crippen molar-refractivity contribution in [3.63, 3.8) is 0 Å². The lowest BCUT2D eigenvalue weighted by Crippen LogP contribution is -2.27. The number of benzene rings is 2. The Bertz CT molecular complexity index is 1160. The summed E-state index contributed by atoms with van der Waals surface area (Å²) in [5.74, 6) is 0.212. The fourth-order valence-corrected chi connectivity index (χ4v) is 3.31. The molecule has 0 unspecified atom stereocenters. The summed E-state index contributed by atoms with van der Waals surface area (Å²) in [6.45, 7) is 4.40. The topological polar surface area (TPSA) is 82.7 Å². The number of nitrogens with one attached hydrogen (secondary N) is 3. The number of hydrogen-bond acceptors (Lipinski definition) is 4. The van der Waals surface area contributed by atoms with E-state index in [-0.39, 0.29) is 5.91 Å². The predicted octanol–water partition coefficient (Wildman–Crippen LogP) is 4.29. The number of carbonyl (C=O) groups excluding carboxylic acids is 1. The summed E-state index contributed by atoms with van der Waals surface area (Å²) in [7, 11) is 0. The van der Waals surface area contributed by atoms with E-state index in [2.05, 4.69) is 31.7 Å². The average Bonchev–Trinajstić information content (AvgIpc) is 3.12. The summed E-state index contributed by atoms with van der Waals surface area (Å²) >= 11 is 0. The van der Waals surface area contributed by atoms with Crippen LogP contribution in [0.4, 0.5) is 11.6 Å². The minimum Gasteiger partial charge on any atom is -0.361 e. The molecule has 0 spiro atoms. The number of amides is 1. The molecule has 6 nitrogen and oxygen atoms in total. The Hall–Kier alpha value is -3.67. The van der Waals surface area contributed by atoms with Gasteiger partial charge in [-0.05, 0) is 49.6 Å². The molecule has 0 aliphatic heterocycles. The molecule has 4 aromatic rings. The van der Waals surface area contributed by atoms with Crippen LogP contribution >= 0.6 is 0 Å². The third-order valence-electron chi connectivity index (χ3n) is 4.83. The Kier molecular flexibility index (Phi) is 5.24. The highest BCUT2D eigenvalue weighted by atomic mass is 16.1. The third kappa shape index (κ3) is 4.27. The normalized spacial score (nSPS) is 10.8. The van der Waals surface area contributed by atoms with E-state index in [0.717, 1.165) is 28.9 Å². The highest BCUT2D eigenvalue weighted by Crippen LogP contribution is 2.19. The predicted molar refractivity (Wildman–Crippen MR) is 116 cm³/mol. The van der Waals surface area contributed by atoms with E-state index in [9.17, 15) is 4.79 Å². The number of fused-ring (bicyclic) bond motifs is 1. The molecule has 0 radical (unpaired) electrons. The summed E-state index contributed by atoms with van der Waals surface area (Å²) in [5, 5.41) is 7.35. The molecule has 4 rings (SSSR count). The molecule has 146 valence electrons. The van der Waals surface area contributed by atoms with Crippen LogP contribution in [0.2, 0.25) is 0 Å². The monoisotopic (exact) mass is 385 g/mol. The van der Waals surface area contributed by atoms with Gasteiger partial charge in [-0.15, -0.1) is 0 Å². The van der Waals surface area contributed by atoms with Gasteiger partial charge in [-0.2, -0.15) is 0 Å². The molecule has 2 aromatic carbocycles. The Morgan fingerprint density at radius 1 is 1.03 bits per heavy atom. The van der Waals surface area contributed by atoms with Crippen LogP contribution < -0.4 is 10.6 Å². The lowest BCUT2D eigenvalue weighted by molar-refractivity contribution is 0.0949. The zero-order valence-electron chi connectivity index (χ0n) is 16.5. The third-order valence-corrected chi connectivity index (χ3v) is 4.83. The summed E-state index contributed by atoms with van der Waals surface area (Å²) in [6.07, 6.45) is 2.74. The van der Waals surface area contributed by atoms with Crippen molar-refractivity contribution < 1.29 is 4.79 Å². The van der Waals surface area contributed by atoms with Crippen molar-refractivity contribution in [3.05, 3.63) is 83.3 Å². The lowest BCUT2D eigenvalue weighted by Gasteiger charge is -2.10. The second-order valence-corrected chi connectivity index (χ2v) is 7.02. The second-order valence-electron chi connectivity index (χ2n) is 7.02. The van der Waals surface area contributed by atoms with E-state index >= 15 is 0 Å². The van der Waals surface area contributed by atoms with E-state index in [1.165, 1.54) is 10.9 Å². The van der Waals surface area contributed by atoms with Gasteiger partial charge in [-0.25, -0.2) is 9.97 Å². The van der Waals surface area contributed by atoms with E-state index < -0.39 is 0 Å². The molecule has 0 fully saturated rings. The largest absolute Gasteiger partial charge is 0.361 e. The van der Waals surface area contributed by atoms with E-state index in [1.54, 1.807) is 6.07 Å². The number of H-pyrrole nitrogens is 1. The minimum absolute atomic E-state index is 0.205. The zero-order chi connectivity index (χ0) is 20.2. The number of rotatable bonds is 6. The fourth-order valence-electron chi connectivity index (χ4n) is 3.31. The molecule has 3 N–H and O–H groups in total. The molecule has 0 saturated heterocycles. The van der Waals surface area contributed by atoms with E-state index in [1.807, 2.05) is 62.5 Å². The van der Waals surface area contributed by atoms with Crippen molar-refractivity contribution in [1.82, 2.24) is 20.3 Å². The Morgan fingerprint density at radius 3 is 2.69 bits per heavy atom. The van der Waals surface area contributed by atoms with Crippen LogP contribution in [-0.2, 0) is 6.42 Å². The molecule has 0 atom stereocenters. The first-order valence-corrected chi connectivity index (χ1v) is 9.62. The van der Waals surface area contributed by atoms with Gasteiger partial charge in [-0.3, -0.25) is 4.79 Å². The molecule has 0 saturated carbocycles. The molecule has 0 bridgehead atoms. The van der Waals surface area contributed by atoms with Crippen molar-refractivity contribution in [2.75, 3.05) is 11.9 Å². The number of aryl methyl sites for hydroxylation is 2. The van der Waals surface area contributed by atoms with Gasteiger partial charge >= 0.3 is 0 Å². The number of para-hydroxylation sites is 2. The number of carbonyl (C=O) groups is 1. The first-order valence-electron chi connectivity index (χ1n) is 9.62. The highest BCUT2D eigenvalue weighted by Gasteiger charge is 2.12. The summed E-state index contributed by atoms with van der Waals surface area (Å²) < 4.78 is 0. The van der Waals surface area contributed by atoms with Gasteiger partial charge < -0.3 is 15.6 Å². The van der Waals surface area contributed by atoms with Gasteiger partial charge in [0.05, 0.1) is 0 Å². The van der Waals surface area contributed by atoms with Crippen LogP contribution in [0.25, 0.3) is 10.9 Å². The quantitative estimate of drug-likeness (QED) is 0.462. The van der Waals surface area contributed by atoms with Crippen LogP contribution in [-0.4, -0.2) is 27.4 Å². The standard InChI is InChI=1S/C23H23N5O/c1-15-7-3-5-9-19(15)27-23-26-16(2)13-21(28-23)22(29)24-12-11-17-14-25-20-10-6-4-8-18(17)20/h3-10,13-14,25H,11-12H2,1-2H3,(H,24,29)(H,26,27,28). The van der Waals surface area contributed by atoms with Gasteiger partial charge in [0.25, 0.3) is 5.91 Å². The fraction of sp³-hybridized carbons (Fsp3) is 0.174. The van der Waals surface area contributed by atoms with Crippen LogP contribution in [0, 0.1) is 13.8 Å². The van der Waals surface area contributed by atoms with Crippen molar-refractivity contribution in [3.8, 4) is 0 Å². The Labute approximate surface area is 169 Å². The molecular weight excluding hydrogens is 362 g/mol. The molecular formula is C23H23N5O. The van der Waals surface area contributed by atoms with Gasteiger partial charge in [-0.1, -0.05) is 36.4 Å². The molecule has 1 amide bonds. The maximum Gasteiger partial charge on any atom is 0.270 e. The Balaban J connectivity index is 1.43. The SMILES string of the molecule is Cc1cc(C(=O)NCCc2c[nH]c3ccccc23)nc(Nc2ccccc2C)n1. The Morgan fingerprint density at radius 2 is 1.83 bits per heavy atom. The molecule has 0 aliphatic rings. The average molecular weight is 385 g/mol. The number of anilines is 2. The summed E-state index contributed by atoms with van der Waals surface area (Å²) in [5.41, 5.74) is 5.38. The molecule has 0 aliphatic carbocycles. The van der Waals surface area contributed by atoms with Gasteiger partial charge in [0.15, 0.2) is 0 Å². The van der Waals surface area contributed by atoms with Crippen molar-refractivity contribution in [2.24, 2.45) is 0 Å². The van der Waals surface area contributed by atoms with Crippen LogP contribution in [0.5, 0.6) is 0 Å². The van der Waals surface area contributed by atoms with Crippen LogP contribution in [0.15, 0.2) is 60.8 Å². The molecule has 2 aromatic heterocycles. The van der Waals surface area contributed by atoms with Gasteiger partial charge in [0.2, 0.25) is 5.95 Å². The minimum atomic E-state index is -0.205. The first-order chi connectivity index (χ1) is 14.1. The van der Waals surface area contributed by atoms with Gasteiger partial charge in [0, 0.05) is 35.0 Å². The highest BCUT2D eigenvalue weighted by molar-refractivity contribution is 5.92. The van der Waals surface area contributed by atoms with Crippen molar-refractivity contribution in [2.45, 2.75) is 20.3 Å². The van der Waals surface area contributed by atoms with Crippen molar-refractivity contribution >= 4 is 28.4 Å². The number of aromatic amines is 1.